The number of imide groups is 1. The zero-order valence-corrected chi connectivity index (χ0v) is 23.5. The van der Waals surface area contributed by atoms with Crippen LogP contribution in [0.15, 0.2) is 103 Å². The van der Waals surface area contributed by atoms with Crippen LogP contribution in [0.5, 0.6) is 17.2 Å². The van der Waals surface area contributed by atoms with E-state index in [4.69, 9.17) is 19.0 Å². The fraction of sp³-hybridized carbons (Fsp3) is 0.235. The molecule has 2 saturated heterocycles. The second kappa shape index (κ2) is 12.0. The van der Waals surface area contributed by atoms with Crippen molar-refractivity contribution < 1.29 is 28.6 Å². The predicted molar refractivity (Wildman–Crippen MR) is 159 cm³/mol. The van der Waals surface area contributed by atoms with Crippen molar-refractivity contribution in [2.75, 3.05) is 23.2 Å². The monoisotopic (exact) mass is 564 g/mol. The number of anilines is 2. The highest BCUT2D eigenvalue weighted by molar-refractivity contribution is 6.24. The van der Waals surface area contributed by atoms with Crippen LogP contribution < -0.4 is 24.2 Å². The van der Waals surface area contributed by atoms with E-state index in [1.165, 1.54) is 4.90 Å². The maximum Gasteiger partial charge on any atom is 0.266 e. The number of rotatable bonds is 10. The predicted octanol–water partition coefficient (Wildman–Crippen LogP) is 6.11. The van der Waals surface area contributed by atoms with Gasteiger partial charge in [-0.05, 0) is 73.5 Å². The van der Waals surface area contributed by atoms with E-state index in [9.17, 15) is 9.59 Å². The van der Waals surface area contributed by atoms with Gasteiger partial charge in [-0.15, -0.1) is 0 Å². The summed E-state index contributed by atoms with van der Waals surface area (Å²) in [7, 11) is 0. The summed E-state index contributed by atoms with van der Waals surface area (Å²) in [5.74, 6) is 0.335. The molecular weight excluding hydrogens is 532 g/mol. The lowest BCUT2D eigenvalue weighted by atomic mass is 9.90. The van der Waals surface area contributed by atoms with Gasteiger partial charge in [0.15, 0.2) is 17.6 Å². The number of amides is 2. The third-order valence-electron chi connectivity index (χ3n) is 7.38. The van der Waals surface area contributed by atoms with Crippen LogP contribution in [0.1, 0.15) is 31.0 Å². The third-order valence-corrected chi connectivity index (χ3v) is 7.38. The summed E-state index contributed by atoms with van der Waals surface area (Å²) in [6.07, 6.45) is -0.973. The Morgan fingerprint density at radius 2 is 1.38 bits per heavy atom. The Hall–Kier alpha value is -4.82. The van der Waals surface area contributed by atoms with Crippen LogP contribution in [-0.2, 0) is 21.0 Å². The van der Waals surface area contributed by atoms with Crippen LogP contribution >= 0.6 is 0 Å². The second-order valence-electron chi connectivity index (χ2n) is 10.0. The average molecular weight is 565 g/mol. The van der Waals surface area contributed by atoms with E-state index in [1.807, 2.05) is 92.7 Å². The van der Waals surface area contributed by atoms with Crippen LogP contribution in [0.3, 0.4) is 0 Å². The van der Waals surface area contributed by atoms with Gasteiger partial charge >= 0.3 is 0 Å². The van der Waals surface area contributed by atoms with Gasteiger partial charge in [0, 0.05) is 0 Å². The molecule has 42 heavy (non-hydrogen) atoms. The first kappa shape index (κ1) is 27.4. The molecule has 214 valence electrons. The number of para-hydroxylation sites is 1. The van der Waals surface area contributed by atoms with Crippen molar-refractivity contribution in [1.82, 2.24) is 0 Å². The molecule has 3 atom stereocenters. The van der Waals surface area contributed by atoms with Gasteiger partial charge in [0.25, 0.3) is 5.91 Å². The number of carbonyl (C=O) groups excluding carboxylic acids is 2. The van der Waals surface area contributed by atoms with E-state index in [0.29, 0.717) is 42.8 Å². The van der Waals surface area contributed by atoms with E-state index in [2.05, 4.69) is 0 Å². The van der Waals surface area contributed by atoms with Gasteiger partial charge in [-0.2, -0.15) is 0 Å². The minimum absolute atomic E-state index is 0.319. The van der Waals surface area contributed by atoms with Crippen LogP contribution in [0.25, 0.3) is 0 Å². The zero-order chi connectivity index (χ0) is 29.1. The molecule has 4 aromatic carbocycles. The van der Waals surface area contributed by atoms with Crippen LogP contribution in [0.2, 0.25) is 0 Å². The van der Waals surface area contributed by atoms with Crippen molar-refractivity contribution in [3.8, 4) is 17.2 Å². The number of ether oxygens (including phenoxy) is 3. The number of hydrogen-bond donors (Lipinski definition) is 0. The molecule has 2 amide bonds. The minimum Gasteiger partial charge on any atom is -0.494 e. The molecular formula is C34H32N2O6. The molecule has 2 heterocycles. The lowest BCUT2D eigenvalue weighted by Gasteiger charge is -2.29. The zero-order valence-electron chi connectivity index (χ0n) is 23.5. The third kappa shape index (κ3) is 5.17. The Kier molecular flexibility index (Phi) is 7.79. The van der Waals surface area contributed by atoms with Gasteiger partial charge in [-0.3, -0.25) is 14.4 Å². The van der Waals surface area contributed by atoms with Crippen molar-refractivity contribution in [3.05, 3.63) is 114 Å². The summed E-state index contributed by atoms with van der Waals surface area (Å²) < 4.78 is 17.6. The highest BCUT2D eigenvalue weighted by Crippen LogP contribution is 2.49. The summed E-state index contributed by atoms with van der Waals surface area (Å²) in [5.41, 5.74) is 3.04. The number of carbonyl (C=O) groups is 2. The van der Waals surface area contributed by atoms with Crippen molar-refractivity contribution in [3.63, 3.8) is 0 Å². The number of benzene rings is 4. The van der Waals surface area contributed by atoms with E-state index in [0.717, 1.165) is 16.8 Å². The number of fused-ring (bicyclic) bond motifs is 1. The first-order valence-electron chi connectivity index (χ1n) is 14.1. The molecule has 0 radical (unpaired) electrons. The molecule has 4 aromatic rings. The number of nitrogens with zero attached hydrogens (tertiary/aromatic N) is 2. The van der Waals surface area contributed by atoms with E-state index >= 15 is 0 Å². The van der Waals surface area contributed by atoms with Gasteiger partial charge < -0.3 is 14.2 Å². The number of hydroxylamine groups is 1. The van der Waals surface area contributed by atoms with E-state index in [-0.39, 0.29) is 5.91 Å². The highest BCUT2D eigenvalue weighted by Gasteiger charge is 2.60. The molecule has 6 rings (SSSR count). The number of hydrogen-bond acceptors (Lipinski definition) is 7. The maximum atomic E-state index is 14.0. The molecule has 3 unspecified atom stereocenters. The molecule has 2 aliphatic heterocycles. The Bertz CT molecular complexity index is 1540. The first-order valence-corrected chi connectivity index (χ1v) is 14.1. The standard InChI is InChI=1S/C34H32N2O6/c1-3-39-27-18-16-25(17-19-27)35-33(37)30-31(36(42-32(30)34(35)38)26-13-9-6-10-14-26)24-15-20-28(29(21-24)40-4-2)41-22-23-11-7-5-8-12-23/h5-21,30-32H,3-4,22H2,1-2H3. The summed E-state index contributed by atoms with van der Waals surface area (Å²) in [6, 6.07) is 31.4. The van der Waals surface area contributed by atoms with Crippen molar-refractivity contribution in [1.29, 1.82) is 0 Å². The SMILES string of the molecule is CCOc1ccc(N2C(=O)C3ON(c4ccccc4)C(c4ccc(OCc5ccccc5)c(OCC)c4)C3C2=O)cc1. The Morgan fingerprint density at radius 3 is 2.07 bits per heavy atom. The van der Waals surface area contributed by atoms with Crippen LogP contribution in [0, 0.1) is 5.92 Å². The van der Waals surface area contributed by atoms with Crippen LogP contribution in [0.4, 0.5) is 11.4 Å². The fourth-order valence-electron chi connectivity index (χ4n) is 5.50. The quantitative estimate of drug-likeness (QED) is 0.215. The van der Waals surface area contributed by atoms with Crippen molar-refractivity contribution in [2.45, 2.75) is 32.6 Å². The molecule has 0 N–H and O–H groups in total. The van der Waals surface area contributed by atoms with Gasteiger partial charge in [-0.1, -0.05) is 54.6 Å². The molecule has 0 aromatic heterocycles. The molecule has 0 bridgehead atoms. The molecule has 8 heteroatoms. The minimum atomic E-state index is -0.973. The smallest absolute Gasteiger partial charge is 0.266 e. The fourth-order valence-corrected chi connectivity index (χ4v) is 5.50. The average Bonchev–Trinajstić information content (AvgIpc) is 3.53. The first-order chi connectivity index (χ1) is 20.6. The molecule has 8 nitrogen and oxygen atoms in total. The molecule has 0 saturated carbocycles. The van der Waals surface area contributed by atoms with Gasteiger partial charge in [-0.25, -0.2) is 9.96 Å². The van der Waals surface area contributed by atoms with Crippen LogP contribution in [-0.4, -0.2) is 31.1 Å². The topological polar surface area (TPSA) is 77.5 Å². The normalized spacial score (nSPS) is 19.6. The lowest BCUT2D eigenvalue weighted by Crippen LogP contribution is -2.37. The van der Waals surface area contributed by atoms with Gasteiger partial charge in [0.05, 0.1) is 30.6 Å². The van der Waals surface area contributed by atoms with E-state index < -0.39 is 24.0 Å². The largest absolute Gasteiger partial charge is 0.494 e. The summed E-state index contributed by atoms with van der Waals surface area (Å²) >= 11 is 0. The summed E-state index contributed by atoms with van der Waals surface area (Å²) in [6.45, 7) is 5.15. The summed E-state index contributed by atoms with van der Waals surface area (Å²) in [5, 5.41) is 1.68. The Balaban J connectivity index is 1.35. The van der Waals surface area contributed by atoms with E-state index in [1.54, 1.807) is 29.3 Å². The summed E-state index contributed by atoms with van der Waals surface area (Å²) in [4.78, 5) is 35.2. The molecule has 0 aliphatic carbocycles. The van der Waals surface area contributed by atoms with Crippen molar-refractivity contribution >= 4 is 23.2 Å². The lowest BCUT2D eigenvalue weighted by molar-refractivity contribution is -0.126. The Morgan fingerprint density at radius 1 is 0.690 bits per heavy atom. The second-order valence-corrected chi connectivity index (χ2v) is 10.0. The van der Waals surface area contributed by atoms with Crippen molar-refractivity contribution in [2.24, 2.45) is 5.92 Å². The highest BCUT2D eigenvalue weighted by atomic mass is 16.7. The van der Waals surface area contributed by atoms with Gasteiger partial charge in [0.1, 0.15) is 18.3 Å². The van der Waals surface area contributed by atoms with Gasteiger partial charge in [0.2, 0.25) is 5.91 Å². The maximum absolute atomic E-state index is 14.0. The molecule has 0 spiro atoms. The molecule has 2 fully saturated rings. The Labute approximate surface area is 244 Å². The molecule has 2 aliphatic rings.